The maximum Gasteiger partial charge on any atom is 0.257 e. The summed E-state index contributed by atoms with van der Waals surface area (Å²) in [5.74, 6) is 0.626. The quantitative estimate of drug-likeness (QED) is 0.917. The highest BCUT2D eigenvalue weighted by atomic mass is 16.3. The van der Waals surface area contributed by atoms with Gasteiger partial charge in [-0.05, 0) is 62.6 Å². The molecule has 2 aliphatic heterocycles. The van der Waals surface area contributed by atoms with E-state index in [-0.39, 0.29) is 17.6 Å². The van der Waals surface area contributed by atoms with E-state index in [4.69, 9.17) is 0 Å². The molecule has 1 aromatic rings. The normalized spacial score (nSPS) is 18.6. The summed E-state index contributed by atoms with van der Waals surface area (Å²) >= 11 is 0. The summed E-state index contributed by atoms with van der Waals surface area (Å²) in [6.45, 7) is 6.88. The highest BCUT2D eigenvalue weighted by Gasteiger charge is 2.28. The number of hydrogen-bond donors (Lipinski definition) is 1. The number of amides is 2. The van der Waals surface area contributed by atoms with Crippen LogP contribution in [-0.4, -0.2) is 52.9 Å². The third kappa shape index (κ3) is 3.80. The van der Waals surface area contributed by atoms with Gasteiger partial charge in [-0.3, -0.25) is 9.59 Å². The predicted molar refractivity (Wildman–Crippen MR) is 96.6 cm³/mol. The zero-order valence-electron chi connectivity index (χ0n) is 15.3. The molecule has 0 radical (unpaired) electrons. The topological polar surface area (TPSA) is 60.9 Å². The van der Waals surface area contributed by atoms with Crippen molar-refractivity contribution in [2.45, 2.75) is 46.0 Å². The molecule has 2 amide bonds. The van der Waals surface area contributed by atoms with Crippen LogP contribution in [0, 0.1) is 19.8 Å². The Balaban J connectivity index is 1.56. The second-order valence-electron chi connectivity index (χ2n) is 7.43. The van der Waals surface area contributed by atoms with Gasteiger partial charge < -0.3 is 14.9 Å². The number of rotatable bonds is 3. The molecule has 5 heteroatoms. The molecule has 136 valence electrons. The van der Waals surface area contributed by atoms with Gasteiger partial charge in [0.15, 0.2) is 0 Å². The third-order valence-electron chi connectivity index (χ3n) is 5.76. The van der Waals surface area contributed by atoms with Crippen molar-refractivity contribution < 1.29 is 14.7 Å². The van der Waals surface area contributed by atoms with Gasteiger partial charge in [0.25, 0.3) is 5.91 Å². The second kappa shape index (κ2) is 7.46. The number of hydrogen-bond acceptors (Lipinski definition) is 3. The Morgan fingerprint density at radius 3 is 2.32 bits per heavy atom. The standard InChI is InChI=1S/C20H28N2O3/c1-14-5-6-17(19(24)15(14)2)20(25)22-11-7-16(8-12-22)13-18(23)21-9-3-4-10-21/h5-6,16,24H,3-4,7-13H2,1-2H3. The first kappa shape index (κ1) is 17.8. The number of nitrogens with zero attached hydrogens (tertiary/aromatic N) is 2. The van der Waals surface area contributed by atoms with Gasteiger partial charge in [-0.1, -0.05) is 6.07 Å². The lowest BCUT2D eigenvalue weighted by Crippen LogP contribution is -2.40. The van der Waals surface area contributed by atoms with Crippen LogP contribution in [0.25, 0.3) is 0 Å². The van der Waals surface area contributed by atoms with Crippen LogP contribution >= 0.6 is 0 Å². The molecule has 0 saturated carbocycles. The van der Waals surface area contributed by atoms with Crippen molar-refractivity contribution in [1.29, 1.82) is 0 Å². The molecule has 0 aliphatic carbocycles. The second-order valence-corrected chi connectivity index (χ2v) is 7.43. The third-order valence-corrected chi connectivity index (χ3v) is 5.76. The van der Waals surface area contributed by atoms with E-state index in [1.54, 1.807) is 11.0 Å². The Labute approximate surface area is 149 Å². The van der Waals surface area contributed by atoms with Crippen LogP contribution in [-0.2, 0) is 4.79 Å². The summed E-state index contributed by atoms with van der Waals surface area (Å²) in [6.07, 6.45) is 4.57. The molecule has 25 heavy (non-hydrogen) atoms. The first-order valence-electron chi connectivity index (χ1n) is 9.33. The van der Waals surface area contributed by atoms with E-state index in [1.165, 1.54) is 0 Å². The highest BCUT2D eigenvalue weighted by molar-refractivity contribution is 5.97. The van der Waals surface area contributed by atoms with Crippen LogP contribution < -0.4 is 0 Å². The lowest BCUT2D eigenvalue weighted by atomic mass is 9.92. The van der Waals surface area contributed by atoms with Crippen LogP contribution in [0.5, 0.6) is 5.75 Å². The Morgan fingerprint density at radius 2 is 1.68 bits per heavy atom. The average molecular weight is 344 g/mol. The van der Waals surface area contributed by atoms with Gasteiger partial charge in [0.1, 0.15) is 5.75 Å². The van der Waals surface area contributed by atoms with Gasteiger partial charge in [-0.25, -0.2) is 0 Å². The molecule has 0 atom stereocenters. The van der Waals surface area contributed by atoms with Crippen molar-refractivity contribution in [2.24, 2.45) is 5.92 Å². The summed E-state index contributed by atoms with van der Waals surface area (Å²) in [4.78, 5) is 28.8. The number of piperidine rings is 1. The molecule has 1 N–H and O–H groups in total. The fourth-order valence-electron chi connectivity index (χ4n) is 3.83. The molecule has 5 nitrogen and oxygen atoms in total. The number of phenolic OH excluding ortho intramolecular Hbond substituents is 1. The van der Waals surface area contributed by atoms with E-state index in [2.05, 4.69) is 0 Å². The Morgan fingerprint density at radius 1 is 1.04 bits per heavy atom. The molecule has 0 bridgehead atoms. The van der Waals surface area contributed by atoms with Crippen molar-refractivity contribution in [2.75, 3.05) is 26.2 Å². The number of benzene rings is 1. The lowest BCUT2D eigenvalue weighted by Gasteiger charge is -2.32. The molecular formula is C20H28N2O3. The van der Waals surface area contributed by atoms with Gasteiger partial charge in [0.05, 0.1) is 5.56 Å². The van der Waals surface area contributed by atoms with Crippen LogP contribution in [0.3, 0.4) is 0 Å². The van der Waals surface area contributed by atoms with E-state index >= 15 is 0 Å². The van der Waals surface area contributed by atoms with Gasteiger partial charge in [0.2, 0.25) is 5.91 Å². The largest absolute Gasteiger partial charge is 0.507 e. The maximum atomic E-state index is 12.7. The number of carbonyl (C=O) groups is 2. The Bertz CT molecular complexity index is 657. The molecule has 2 aliphatic rings. The maximum absolute atomic E-state index is 12.7. The van der Waals surface area contributed by atoms with E-state index in [0.717, 1.165) is 49.9 Å². The number of carbonyl (C=O) groups excluding carboxylic acids is 2. The predicted octanol–water partition coefficient (Wildman–Crippen LogP) is 2.87. The van der Waals surface area contributed by atoms with Crippen molar-refractivity contribution >= 4 is 11.8 Å². The highest BCUT2D eigenvalue weighted by Crippen LogP contribution is 2.28. The molecule has 2 heterocycles. The van der Waals surface area contributed by atoms with E-state index in [0.29, 0.717) is 31.0 Å². The van der Waals surface area contributed by atoms with Gasteiger partial charge in [0, 0.05) is 32.6 Å². The summed E-state index contributed by atoms with van der Waals surface area (Å²) in [6, 6.07) is 3.59. The zero-order chi connectivity index (χ0) is 18.0. The molecule has 0 aromatic heterocycles. The lowest BCUT2D eigenvalue weighted by molar-refractivity contribution is -0.131. The first-order chi connectivity index (χ1) is 12.0. The summed E-state index contributed by atoms with van der Waals surface area (Å²) in [5.41, 5.74) is 2.12. The van der Waals surface area contributed by atoms with Crippen LogP contribution in [0.4, 0.5) is 0 Å². The molecule has 1 aromatic carbocycles. The number of likely N-dealkylation sites (tertiary alicyclic amines) is 2. The Hall–Kier alpha value is -2.04. The van der Waals surface area contributed by atoms with Gasteiger partial charge >= 0.3 is 0 Å². The molecule has 0 unspecified atom stereocenters. The minimum atomic E-state index is -0.107. The fraction of sp³-hybridized carbons (Fsp3) is 0.600. The van der Waals surface area contributed by atoms with E-state index < -0.39 is 0 Å². The Kier molecular flexibility index (Phi) is 5.30. The summed E-state index contributed by atoms with van der Waals surface area (Å²) < 4.78 is 0. The minimum Gasteiger partial charge on any atom is -0.507 e. The smallest absolute Gasteiger partial charge is 0.257 e. The zero-order valence-corrected chi connectivity index (χ0v) is 15.3. The van der Waals surface area contributed by atoms with Crippen molar-refractivity contribution in [3.63, 3.8) is 0 Å². The van der Waals surface area contributed by atoms with Crippen molar-refractivity contribution in [3.05, 3.63) is 28.8 Å². The fourth-order valence-corrected chi connectivity index (χ4v) is 3.83. The van der Waals surface area contributed by atoms with Crippen LogP contribution in [0.2, 0.25) is 0 Å². The molecule has 0 spiro atoms. The molecule has 3 rings (SSSR count). The number of aromatic hydroxyl groups is 1. The van der Waals surface area contributed by atoms with Gasteiger partial charge in [-0.15, -0.1) is 0 Å². The van der Waals surface area contributed by atoms with Crippen LogP contribution in [0.15, 0.2) is 12.1 Å². The number of aryl methyl sites for hydroxylation is 1. The minimum absolute atomic E-state index is 0.0938. The number of phenols is 1. The molecular weight excluding hydrogens is 316 g/mol. The van der Waals surface area contributed by atoms with Crippen molar-refractivity contribution in [1.82, 2.24) is 9.80 Å². The first-order valence-corrected chi connectivity index (χ1v) is 9.33. The van der Waals surface area contributed by atoms with E-state index in [9.17, 15) is 14.7 Å². The summed E-state index contributed by atoms with van der Waals surface area (Å²) in [7, 11) is 0. The summed E-state index contributed by atoms with van der Waals surface area (Å²) in [5, 5.41) is 10.3. The SMILES string of the molecule is Cc1ccc(C(=O)N2CCC(CC(=O)N3CCCC3)CC2)c(O)c1C. The average Bonchev–Trinajstić information content (AvgIpc) is 3.15. The van der Waals surface area contributed by atoms with E-state index in [1.807, 2.05) is 24.8 Å². The van der Waals surface area contributed by atoms with Crippen LogP contribution in [0.1, 0.15) is 53.6 Å². The van der Waals surface area contributed by atoms with Crippen molar-refractivity contribution in [3.8, 4) is 5.75 Å². The molecule has 2 saturated heterocycles. The molecule has 2 fully saturated rings. The van der Waals surface area contributed by atoms with Gasteiger partial charge in [-0.2, -0.15) is 0 Å². The monoisotopic (exact) mass is 344 g/mol.